The van der Waals surface area contributed by atoms with Crippen LogP contribution in [-0.4, -0.2) is 74.5 Å². The molecule has 10 heteroatoms. The lowest BCUT2D eigenvalue weighted by Crippen LogP contribution is -2.45. The number of sulfonamides is 1. The molecule has 0 radical (unpaired) electrons. The lowest BCUT2D eigenvalue weighted by atomic mass is 9.77. The Morgan fingerprint density at radius 3 is 2.37 bits per heavy atom. The number of benzene rings is 2. The third-order valence-electron chi connectivity index (χ3n) is 6.69. The molecule has 0 aliphatic carbocycles. The van der Waals surface area contributed by atoms with E-state index in [4.69, 9.17) is 34.8 Å². The summed E-state index contributed by atoms with van der Waals surface area (Å²) >= 11 is 18.8. The topological polar surface area (TPSA) is 60.9 Å². The largest absolute Gasteiger partial charge is 0.341 e. The van der Waals surface area contributed by atoms with Gasteiger partial charge in [-0.2, -0.15) is 0 Å². The van der Waals surface area contributed by atoms with E-state index < -0.39 is 15.4 Å². The number of carbonyl (C=O) groups is 1. The fourth-order valence-corrected chi connectivity index (χ4v) is 5.84. The van der Waals surface area contributed by atoms with Crippen molar-refractivity contribution in [3.8, 4) is 0 Å². The van der Waals surface area contributed by atoms with Gasteiger partial charge in [-0.1, -0.05) is 59.1 Å². The van der Waals surface area contributed by atoms with Crippen LogP contribution < -0.4 is 0 Å². The summed E-state index contributed by atoms with van der Waals surface area (Å²) in [7, 11) is -1.44. The smallest absolute Gasteiger partial charge is 0.233 e. The van der Waals surface area contributed by atoms with E-state index in [0.29, 0.717) is 54.2 Å². The first-order chi connectivity index (χ1) is 16.4. The number of amides is 1. The Hall–Kier alpha value is -1.35. The lowest BCUT2D eigenvalue weighted by Gasteiger charge is -2.35. The van der Waals surface area contributed by atoms with E-state index in [9.17, 15) is 13.2 Å². The molecule has 1 aliphatic heterocycles. The normalized spacial score (nSPS) is 17.5. The fourth-order valence-electron chi connectivity index (χ4n) is 4.47. The highest BCUT2D eigenvalue weighted by Crippen LogP contribution is 2.35. The van der Waals surface area contributed by atoms with Crippen LogP contribution in [0.3, 0.4) is 0 Å². The van der Waals surface area contributed by atoms with E-state index in [-0.39, 0.29) is 5.91 Å². The summed E-state index contributed by atoms with van der Waals surface area (Å²) in [5.74, 6) is -0.0524. The molecule has 1 amide bonds. The summed E-state index contributed by atoms with van der Waals surface area (Å²) < 4.78 is 25.5. The molecule has 0 spiro atoms. The lowest BCUT2D eigenvalue weighted by molar-refractivity contribution is -0.136. The van der Waals surface area contributed by atoms with Gasteiger partial charge >= 0.3 is 0 Å². The molecule has 0 aromatic heterocycles. The van der Waals surface area contributed by atoms with Crippen molar-refractivity contribution in [1.29, 1.82) is 0 Å². The molecule has 0 N–H and O–H groups in total. The van der Waals surface area contributed by atoms with Crippen molar-refractivity contribution in [1.82, 2.24) is 14.1 Å². The number of rotatable bonds is 8. The van der Waals surface area contributed by atoms with Crippen LogP contribution in [0.1, 0.15) is 30.9 Å². The van der Waals surface area contributed by atoms with Crippen LogP contribution in [0, 0.1) is 0 Å². The van der Waals surface area contributed by atoms with Crippen LogP contribution in [0.15, 0.2) is 42.5 Å². The minimum atomic E-state index is -3.22. The first-order valence-corrected chi connectivity index (χ1v) is 14.5. The van der Waals surface area contributed by atoms with Crippen molar-refractivity contribution in [2.24, 2.45) is 0 Å². The van der Waals surface area contributed by atoms with Gasteiger partial charge < -0.3 is 9.80 Å². The Balaban J connectivity index is 1.82. The molecule has 0 saturated carbocycles. The zero-order valence-electron chi connectivity index (χ0n) is 20.3. The Morgan fingerprint density at radius 1 is 1.00 bits per heavy atom. The second-order valence-electron chi connectivity index (χ2n) is 9.32. The predicted octanol–water partition coefficient (Wildman–Crippen LogP) is 4.92. The zero-order chi connectivity index (χ0) is 25.8. The standard InChI is InChI=1S/C25H32Cl3N3O3S/c1-25(20-9-10-22(27)23(28)17-20,24(32)29(2)18-19-7-4-5-8-21(19)26)11-14-30-12-6-13-31(16-15-30)35(3,33)34/h4-5,7-10,17H,6,11-16,18H2,1-3H3. The summed E-state index contributed by atoms with van der Waals surface area (Å²) in [5, 5.41) is 1.45. The van der Waals surface area contributed by atoms with Gasteiger partial charge in [0, 0.05) is 38.2 Å². The van der Waals surface area contributed by atoms with Crippen LogP contribution in [0.25, 0.3) is 0 Å². The van der Waals surface area contributed by atoms with Gasteiger partial charge in [-0.05, 0) is 62.2 Å². The van der Waals surface area contributed by atoms with E-state index in [1.165, 1.54) is 10.6 Å². The van der Waals surface area contributed by atoms with Gasteiger partial charge in [0.05, 0.1) is 21.7 Å². The van der Waals surface area contributed by atoms with Gasteiger partial charge in [-0.3, -0.25) is 4.79 Å². The molecular formula is C25H32Cl3N3O3S. The fraction of sp³-hybridized carbons (Fsp3) is 0.480. The van der Waals surface area contributed by atoms with Crippen molar-refractivity contribution in [3.05, 3.63) is 68.7 Å². The van der Waals surface area contributed by atoms with Gasteiger partial charge in [0.25, 0.3) is 0 Å². The molecule has 3 rings (SSSR count). The van der Waals surface area contributed by atoms with Gasteiger partial charge in [0.15, 0.2) is 0 Å². The van der Waals surface area contributed by atoms with Crippen molar-refractivity contribution >= 4 is 50.7 Å². The monoisotopic (exact) mass is 559 g/mol. The molecule has 1 saturated heterocycles. The summed E-state index contributed by atoms with van der Waals surface area (Å²) in [4.78, 5) is 17.8. The molecule has 1 atom stereocenters. The van der Waals surface area contributed by atoms with E-state index in [2.05, 4.69) is 4.90 Å². The van der Waals surface area contributed by atoms with Crippen LogP contribution in [0.2, 0.25) is 15.1 Å². The number of hydrogen-bond acceptors (Lipinski definition) is 4. The Morgan fingerprint density at radius 2 is 1.71 bits per heavy atom. The van der Waals surface area contributed by atoms with E-state index in [1.807, 2.05) is 37.3 Å². The minimum absolute atomic E-state index is 0.0524. The third-order valence-corrected chi connectivity index (χ3v) is 9.10. The molecule has 192 valence electrons. The van der Waals surface area contributed by atoms with E-state index in [1.54, 1.807) is 24.1 Å². The Kier molecular flexibility index (Phi) is 9.51. The average Bonchev–Trinajstić information content (AvgIpc) is 3.06. The first-order valence-electron chi connectivity index (χ1n) is 11.5. The number of likely N-dealkylation sites (N-methyl/N-ethyl adjacent to an activating group) is 1. The maximum atomic E-state index is 13.9. The maximum absolute atomic E-state index is 13.9. The van der Waals surface area contributed by atoms with Crippen molar-refractivity contribution in [2.45, 2.75) is 31.7 Å². The predicted molar refractivity (Wildman–Crippen MR) is 144 cm³/mol. The SMILES string of the molecule is CN(Cc1ccccc1Cl)C(=O)C(C)(CCN1CCCN(S(C)(=O)=O)CC1)c1ccc(Cl)c(Cl)c1. The molecule has 1 unspecified atom stereocenters. The number of nitrogens with zero attached hydrogens (tertiary/aromatic N) is 3. The molecule has 1 aliphatic rings. The highest BCUT2D eigenvalue weighted by atomic mass is 35.5. The molecule has 1 fully saturated rings. The molecule has 2 aromatic rings. The maximum Gasteiger partial charge on any atom is 0.233 e. The average molecular weight is 561 g/mol. The van der Waals surface area contributed by atoms with Gasteiger partial charge in [-0.25, -0.2) is 12.7 Å². The van der Waals surface area contributed by atoms with Gasteiger partial charge in [0.1, 0.15) is 0 Å². The first kappa shape index (κ1) is 28.2. The summed E-state index contributed by atoms with van der Waals surface area (Å²) in [5.41, 5.74) is 0.790. The van der Waals surface area contributed by atoms with Crippen molar-refractivity contribution in [3.63, 3.8) is 0 Å². The van der Waals surface area contributed by atoms with Crippen LogP contribution in [0.4, 0.5) is 0 Å². The molecule has 6 nitrogen and oxygen atoms in total. The van der Waals surface area contributed by atoms with Crippen molar-refractivity contribution < 1.29 is 13.2 Å². The van der Waals surface area contributed by atoms with Crippen molar-refractivity contribution in [2.75, 3.05) is 46.0 Å². The van der Waals surface area contributed by atoms with Gasteiger partial charge in [-0.15, -0.1) is 0 Å². The second-order valence-corrected chi connectivity index (χ2v) is 12.5. The van der Waals surface area contributed by atoms with E-state index >= 15 is 0 Å². The zero-order valence-corrected chi connectivity index (χ0v) is 23.4. The molecule has 2 aromatic carbocycles. The Labute approximate surface area is 223 Å². The highest BCUT2D eigenvalue weighted by molar-refractivity contribution is 7.88. The van der Waals surface area contributed by atoms with Crippen LogP contribution >= 0.6 is 34.8 Å². The number of halogens is 3. The molecule has 0 bridgehead atoms. The quantitative estimate of drug-likeness (QED) is 0.460. The summed E-state index contributed by atoms with van der Waals surface area (Å²) in [6, 6.07) is 12.8. The van der Waals surface area contributed by atoms with E-state index in [0.717, 1.165) is 24.1 Å². The minimum Gasteiger partial charge on any atom is -0.341 e. The van der Waals surface area contributed by atoms with Crippen LogP contribution in [0.5, 0.6) is 0 Å². The second kappa shape index (κ2) is 11.8. The van der Waals surface area contributed by atoms with Crippen LogP contribution in [-0.2, 0) is 26.8 Å². The number of carbonyl (C=O) groups excluding carboxylic acids is 1. The Bertz CT molecular complexity index is 1160. The summed E-state index contributed by atoms with van der Waals surface area (Å²) in [6.07, 6.45) is 2.53. The molecule has 35 heavy (non-hydrogen) atoms. The third kappa shape index (κ3) is 7.12. The van der Waals surface area contributed by atoms with Gasteiger partial charge in [0.2, 0.25) is 15.9 Å². The summed E-state index contributed by atoms with van der Waals surface area (Å²) in [6.45, 7) is 5.30. The number of hydrogen-bond donors (Lipinski definition) is 0. The molecule has 1 heterocycles. The molecular weight excluding hydrogens is 529 g/mol. The highest BCUT2D eigenvalue weighted by Gasteiger charge is 2.38.